The van der Waals surface area contributed by atoms with Crippen LogP contribution in [0.2, 0.25) is 0 Å². The Bertz CT molecular complexity index is 367. The third-order valence-electron chi connectivity index (χ3n) is 1.67. The Kier molecular flexibility index (Phi) is 2.36. The molecule has 0 aromatic carbocycles. The lowest BCUT2D eigenvalue weighted by molar-refractivity contribution is 0.766. The second-order valence-corrected chi connectivity index (χ2v) is 3.67. The van der Waals surface area contributed by atoms with Crippen molar-refractivity contribution in [3.63, 3.8) is 0 Å². The molecular formula is C8H11N5S. The number of thiophene rings is 1. The van der Waals surface area contributed by atoms with E-state index in [0.29, 0.717) is 11.9 Å². The van der Waals surface area contributed by atoms with Crippen LogP contribution >= 0.6 is 11.3 Å². The molecule has 5 nitrogen and oxygen atoms in total. The van der Waals surface area contributed by atoms with Gasteiger partial charge < -0.3 is 11.1 Å². The lowest BCUT2D eigenvalue weighted by atomic mass is 10.5. The molecule has 74 valence electrons. The molecule has 0 bridgehead atoms. The fraction of sp³-hybridized carbons (Fsp3) is 0.250. The van der Waals surface area contributed by atoms with Crippen LogP contribution in [0, 0.1) is 0 Å². The number of aliphatic imine (C=N–C) groups is 2. The number of rotatable bonds is 1. The zero-order valence-corrected chi connectivity index (χ0v) is 8.51. The predicted molar refractivity (Wildman–Crippen MR) is 59.6 cm³/mol. The van der Waals surface area contributed by atoms with Crippen LogP contribution in [0.25, 0.3) is 0 Å². The maximum atomic E-state index is 5.57. The largest absolute Gasteiger partial charge is 0.370 e. The summed E-state index contributed by atoms with van der Waals surface area (Å²) in [5, 5.41) is 9.96. The van der Waals surface area contributed by atoms with Crippen molar-refractivity contribution in [3.05, 3.63) is 16.8 Å². The Balaban J connectivity index is 2.06. The van der Waals surface area contributed by atoms with Crippen LogP contribution in [0.1, 0.15) is 6.92 Å². The minimum atomic E-state index is -0.127. The summed E-state index contributed by atoms with van der Waals surface area (Å²) in [6.45, 7) is 1.88. The van der Waals surface area contributed by atoms with Gasteiger partial charge in [0, 0.05) is 5.38 Å². The first kappa shape index (κ1) is 9.01. The SMILES string of the molecule is CC1N=C(N)NC(Nc2ccsc2)=N1. The quantitative estimate of drug-likeness (QED) is 0.640. The van der Waals surface area contributed by atoms with Crippen molar-refractivity contribution in [1.82, 2.24) is 5.32 Å². The van der Waals surface area contributed by atoms with Gasteiger partial charge in [-0.25, -0.2) is 9.98 Å². The van der Waals surface area contributed by atoms with Crippen molar-refractivity contribution in [2.75, 3.05) is 5.32 Å². The summed E-state index contributed by atoms with van der Waals surface area (Å²) in [6, 6.07) is 1.97. The zero-order chi connectivity index (χ0) is 9.97. The summed E-state index contributed by atoms with van der Waals surface area (Å²) < 4.78 is 0. The summed E-state index contributed by atoms with van der Waals surface area (Å²) in [6.07, 6.45) is -0.127. The van der Waals surface area contributed by atoms with Crippen molar-refractivity contribution in [2.24, 2.45) is 15.7 Å². The van der Waals surface area contributed by atoms with Crippen molar-refractivity contribution in [2.45, 2.75) is 13.1 Å². The van der Waals surface area contributed by atoms with Gasteiger partial charge in [0.1, 0.15) is 6.17 Å². The van der Waals surface area contributed by atoms with Crippen molar-refractivity contribution < 1.29 is 0 Å². The summed E-state index contributed by atoms with van der Waals surface area (Å²) >= 11 is 1.62. The Labute approximate surface area is 85.8 Å². The smallest absolute Gasteiger partial charge is 0.204 e. The topological polar surface area (TPSA) is 74.8 Å². The van der Waals surface area contributed by atoms with Gasteiger partial charge in [-0.3, -0.25) is 5.32 Å². The van der Waals surface area contributed by atoms with Crippen molar-refractivity contribution >= 4 is 28.9 Å². The fourth-order valence-electron chi connectivity index (χ4n) is 1.14. The van der Waals surface area contributed by atoms with E-state index >= 15 is 0 Å². The molecule has 0 amide bonds. The molecule has 6 heteroatoms. The number of hydrogen-bond donors (Lipinski definition) is 3. The molecule has 1 aliphatic heterocycles. The van der Waals surface area contributed by atoms with E-state index in [1.54, 1.807) is 11.3 Å². The zero-order valence-electron chi connectivity index (χ0n) is 7.69. The van der Waals surface area contributed by atoms with E-state index in [4.69, 9.17) is 5.73 Å². The van der Waals surface area contributed by atoms with Gasteiger partial charge >= 0.3 is 0 Å². The third kappa shape index (κ3) is 2.02. The molecule has 0 radical (unpaired) electrons. The van der Waals surface area contributed by atoms with E-state index in [2.05, 4.69) is 20.6 Å². The molecule has 1 aromatic heterocycles. The minimum absolute atomic E-state index is 0.127. The average Bonchev–Trinajstić information content (AvgIpc) is 2.54. The first-order chi connectivity index (χ1) is 6.74. The predicted octanol–water partition coefficient (Wildman–Crippen LogP) is 0.780. The maximum Gasteiger partial charge on any atom is 0.204 e. The molecule has 1 aromatic rings. The molecule has 0 saturated heterocycles. The Morgan fingerprint density at radius 1 is 1.57 bits per heavy atom. The number of hydrogen-bond acceptors (Lipinski definition) is 6. The third-order valence-corrected chi connectivity index (χ3v) is 2.36. The number of anilines is 1. The fourth-order valence-corrected chi connectivity index (χ4v) is 1.73. The summed E-state index contributed by atoms with van der Waals surface area (Å²) in [5.41, 5.74) is 6.57. The van der Waals surface area contributed by atoms with Gasteiger partial charge in [0.15, 0.2) is 5.96 Å². The minimum Gasteiger partial charge on any atom is -0.370 e. The highest BCUT2D eigenvalue weighted by Crippen LogP contribution is 2.12. The highest BCUT2D eigenvalue weighted by molar-refractivity contribution is 7.08. The van der Waals surface area contributed by atoms with Crippen LogP contribution in [0.5, 0.6) is 0 Å². The highest BCUT2D eigenvalue weighted by atomic mass is 32.1. The summed E-state index contributed by atoms with van der Waals surface area (Å²) in [5.74, 6) is 1.04. The molecule has 2 rings (SSSR count). The molecule has 1 aliphatic rings. The van der Waals surface area contributed by atoms with Gasteiger partial charge in [-0.1, -0.05) is 0 Å². The monoisotopic (exact) mass is 209 g/mol. The van der Waals surface area contributed by atoms with Crippen LogP contribution in [0.15, 0.2) is 26.8 Å². The van der Waals surface area contributed by atoms with Gasteiger partial charge in [-0.05, 0) is 18.4 Å². The van der Waals surface area contributed by atoms with Crippen molar-refractivity contribution in [1.29, 1.82) is 0 Å². The lowest BCUT2D eigenvalue weighted by Crippen LogP contribution is -2.44. The second kappa shape index (κ2) is 3.67. The van der Waals surface area contributed by atoms with Crippen molar-refractivity contribution in [3.8, 4) is 0 Å². The number of guanidine groups is 2. The standard InChI is InChI=1S/C8H11N5S/c1-5-10-7(9)13-8(11-5)12-6-2-3-14-4-6/h2-5H,1H3,(H4,9,10,11,12,13). The van der Waals surface area contributed by atoms with Gasteiger partial charge in [0.05, 0.1) is 5.69 Å². The van der Waals surface area contributed by atoms with Crippen LogP contribution in [0.3, 0.4) is 0 Å². The van der Waals surface area contributed by atoms with E-state index in [1.165, 1.54) is 0 Å². The van der Waals surface area contributed by atoms with Gasteiger partial charge in [-0.2, -0.15) is 11.3 Å². The normalized spacial score (nSPS) is 20.8. The second-order valence-electron chi connectivity index (χ2n) is 2.89. The molecule has 0 aliphatic carbocycles. The number of nitrogens with two attached hydrogens (primary N) is 1. The molecule has 2 heterocycles. The summed E-state index contributed by atoms with van der Waals surface area (Å²) in [4.78, 5) is 8.26. The van der Waals surface area contributed by atoms with Crippen LogP contribution < -0.4 is 16.4 Å². The van der Waals surface area contributed by atoms with E-state index in [-0.39, 0.29) is 6.17 Å². The summed E-state index contributed by atoms with van der Waals surface area (Å²) in [7, 11) is 0. The van der Waals surface area contributed by atoms with Gasteiger partial charge in [0.2, 0.25) is 5.96 Å². The average molecular weight is 209 g/mol. The highest BCUT2D eigenvalue weighted by Gasteiger charge is 2.10. The Morgan fingerprint density at radius 2 is 2.43 bits per heavy atom. The molecule has 0 fully saturated rings. The molecule has 14 heavy (non-hydrogen) atoms. The molecule has 4 N–H and O–H groups in total. The van der Waals surface area contributed by atoms with E-state index in [0.717, 1.165) is 5.69 Å². The lowest BCUT2D eigenvalue weighted by Gasteiger charge is -2.16. The van der Waals surface area contributed by atoms with Crippen LogP contribution in [0.4, 0.5) is 5.69 Å². The molecule has 0 saturated carbocycles. The van der Waals surface area contributed by atoms with E-state index in [9.17, 15) is 0 Å². The molecule has 1 atom stereocenters. The molecule has 0 spiro atoms. The first-order valence-electron chi connectivity index (χ1n) is 4.21. The van der Waals surface area contributed by atoms with E-state index in [1.807, 2.05) is 23.8 Å². The molecule has 1 unspecified atom stereocenters. The van der Waals surface area contributed by atoms with Gasteiger partial charge in [-0.15, -0.1) is 0 Å². The Morgan fingerprint density at radius 3 is 3.07 bits per heavy atom. The van der Waals surface area contributed by atoms with Gasteiger partial charge in [0.25, 0.3) is 0 Å². The maximum absolute atomic E-state index is 5.57. The molecular weight excluding hydrogens is 198 g/mol. The van der Waals surface area contributed by atoms with Crippen LogP contribution in [-0.2, 0) is 0 Å². The Hall–Kier alpha value is -1.56. The number of nitrogens with zero attached hydrogens (tertiary/aromatic N) is 2. The van der Waals surface area contributed by atoms with E-state index < -0.39 is 0 Å². The van der Waals surface area contributed by atoms with Crippen LogP contribution in [-0.4, -0.2) is 18.1 Å². The number of nitrogens with one attached hydrogen (secondary N) is 2. The first-order valence-corrected chi connectivity index (χ1v) is 5.15.